The van der Waals surface area contributed by atoms with Crippen molar-refractivity contribution in [1.29, 1.82) is 0 Å². The lowest BCUT2D eigenvalue weighted by Gasteiger charge is -2.25. The number of aliphatic hydroxyl groups is 1. The first-order valence-electron chi connectivity index (χ1n) is 7.85. The minimum Gasteiger partial charge on any atom is -0.494 e. The summed E-state index contributed by atoms with van der Waals surface area (Å²) in [7, 11) is 0. The second-order valence-corrected chi connectivity index (χ2v) is 5.44. The van der Waals surface area contributed by atoms with Crippen LogP contribution in [-0.2, 0) is 6.54 Å². The highest BCUT2D eigenvalue weighted by Gasteiger charge is 2.19. The third-order valence-corrected chi connectivity index (χ3v) is 3.43. The van der Waals surface area contributed by atoms with Crippen LogP contribution in [0.15, 0.2) is 54.6 Å². The number of carbonyl (C=O) groups excluding carboxylic acids is 1. The summed E-state index contributed by atoms with van der Waals surface area (Å²) in [5.41, 5.74) is 1.54. The van der Waals surface area contributed by atoms with Gasteiger partial charge in [-0.2, -0.15) is 0 Å². The summed E-state index contributed by atoms with van der Waals surface area (Å²) >= 11 is 0. The Labute approximate surface area is 137 Å². The minimum atomic E-state index is -0.595. The number of hydrogen-bond acceptors (Lipinski definition) is 3. The van der Waals surface area contributed by atoms with E-state index in [9.17, 15) is 9.90 Å². The lowest BCUT2D eigenvalue weighted by atomic mass is 10.1. The summed E-state index contributed by atoms with van der Waals surface area (Å²) in [6, 6.07) is 16.8. The Bertz CT molecular complexity index is 626. The van der Waals surface area contributed by atoms with Crippen molar-refractivity contribution >= 4 is 5.91 Å². The van der Waals surface area contributed by atoms with E-state index >= 15 is 0 Å². The van der Waals surface area contributed by atoms with Crippen molar-refractivity contribution in [2.75, 3.05) is 13.2 Å². The van der Waals surface area contributed by atoms with Gasteiger partial charge in [0, 0.05) is 24.2 Å². The number of hydrogen-bond donors (Lipinski definition) is 1. The first-order chi connectivity index (χ1) is 11.1. The molecule has 0 saturated heterocycles. The zero-order valence-corrected chi connectivity index (χ0v) is 13.6. The predicted octanol–water partition coefficient (Wildman–Crippen LogP) is 3.11. The van der Waals surface area contributed by atoms with Gasteiger partial charge in [0.25, 0.3) is 5.91 Å². The van der Waals surface area contributed by atoms with Gasteiger partial charge in [0.2, 0.25) is 0 Å². The maximum absolute atomic E-state index is 12.7. The normalized spacial score (nSPS) is 11.8. The van der Waals surface area contributed by atoms with Crippen molar-refractivity contribution in [3.63, 3.8) is 0 Å². The van der Waals surface area contributed by atoms with Crippen LogP contribution in [0.25, 0.3) is 0 Å². The third-order valence-electron chi connectivity index (χ3n) is 3.43. The summed E-state index contributed by atoms with van der Waals surface area (Å²) in [6.07, 6.45) is -0.595. The number of nitrogens with zero attached hydrogens (tertiary/aromatic N) is 1. The monoisotopic (exact) mass is 313 g/mol. The largest absolute Gasteiger partial charge is 0.494 e. The van der Waals surface area contributed by atoms with Crippen LogP contribution >= 0.6 is 0 Å². The molecule has 0 saturated carbocycles. The molecule has 4 nitrogen and oxygen atoms in total. The van der Waals surface area contributed by atoms with Crippen LogP contribution in [-0.4, -0.2) is 35.2 Å². The van der Waals surface area contributed by atoms with E-state index in [4.69, 9.17) is 4.74 Å². The van der Waals surface area contributed by atoms with Crippen LogP contribution < -0.4 is 4.74 Å². The van der Waals surface area contributed by atoms with Crippen molar-refractivity contribution in [2.45, 2.75) is 26.5 Å². The van der Waals surface area contributed by atoms with Crippen LogP contribution in [0.4, 0.5) is 0 Å². The Morgan fingerprint density at radius 1 is 1.13 bits per heavy atom. The standard InChI is InChI=1S/C19H23NO3/c1-3-23-18-12-8-7-11-17(18)14-20(13-15(2)21)19(22)16-9-5-4-6-10-16/h4-12,15,21H,3,13-14H2,1-2H3/t15-/m0/s1. The summed E-state index contributed by atoms with van der Waals surface area (Å²) in [5, 5.41) is 9.74. The average molecular weight is 313 g/mol. The molecule has 0 heterocycles. The first kappa shape index (κ1) is 17.0. The molecule has 0 aromatic heterocycles. The van der Waals surface area contributed by atoms with Gasteiger partial charge < -0.3 is 14.7 Å². The molecule has 0 radical (unpaired) electrons. The zero-order valence-electron chi connectivity index (χ0n) is 13.6. The van der Waals surface area contributed by atoms with E-state index in [-0.39, 0.29) is 12.5 Å². The SMILES string of the molecule is CCOc1ccccc1CN(C[C@H](C)O)C(=O)c1ccccc1. The molecule has 1 amide bonds. The van der Waals surface area contributed by atoms with Crippen molar-refractivity contribution < 1.29 is 14.6 Å². The van der Waals surface area contributed by atoms with Crippen LogP contribution in [0.3, 0.4) is 0 Å². The van der Waals surface area contributed by atoms with E-state index in [1.54, 1.807) is 24.0 Å². The van der Waals surface area contributed by atoms with Gasteiger partial charge in [0.05, 0.1) is 12.7 Å². The van der Waals surface area contributed by atoms with E-state index in [1.807, 2.05) is 49.4 Å². The Hall–Kier alpha value is -2.33. The molecule has 0 aliphatic heterocycles. The lowest BCUT2D eigenvalue weighted by Crippen LogP contribution is -2.36. The maximum Gasteiger partial charge on any atom is 0.254 e. The van der Waals surface area contributed by atoms with Gasteiger partial charge in [-0.15, -0.1) is 0 Å². The Kier molecular flexibility index (Phi) is 6.18. The number of ether oxygens (including phenoxy) is 1. The van der Waals surface area contributed by atoms with Gasteiger partial charge >= 0.3 is 0 Å². The second kappa shape index (κ2) is 8.34. The maximum atomic E-state index is 12.7. The number of carbonyl (C=O) groups is 1. The summed E-state index contributed by atoms with van der Waals surface area (Å²) in [4.78, 5) is 14.4. The van der Waals surface area contributed by atoms with Crippen molar-refractivity contribution in [2.24, 2.45) is 0 Å². The summed E-state index contributed by atoms with van der Waals surface area (Å²) in [6.45, 7) is 4.85. The highest BCUT2D eigenvalue weighted by Crippen LogP contribution is 2.21. The molecule has 2 aromatic carbocycles. The van der Waals surface area contributed by atoms with E-state index in [2.05, 4.69) is 0 Å². The summed E-state index contributed by atoms with van der Waals surface area (Å²) < 4.78 is 5.63. The van der Waals surface area contributed by atoms with Crippen molar-refractivity contribution in [1.82, 2.24) is 4.90 Å². The number of amides is 1. The quantitative estimate of drug-likeness (QED) is 0.854. The number of rotatable bonds is 7. The number of para-hydroxylation sites is 1. The molecule has 2 rings (SSSR count). The van der Waals surface area contributed by atoms with Crippen LogP contribution in [0.2, 0.25) is 0 Å². The van der Waals surface area contributed by atoms with Crippen molar-refractivity contribution in [3.05, 3.63) is 65.7 Å². The van der Waals surface area contributed by atoms with Crippen LogP contribution in [0.5, 0.6) is 5.75 Å². The van der Waals surface area contributed by atoms with Crippen molar-refractivity contribution in [3.8, 4) is 5.75 Å². The van der Waals surface area contributed by atoms with Crippen LogP contribution in [0, 0.1) is 0 Å². The first-order valence-corrected chi connectivity index (χ1v) is 7.85. The molecule has 0 unspecified atom stereocenters. The molecule has 122 valence electrons. The van der Waals surface area contributed by atoms with E-state index in [0.29, 0.717) is 18.7 Å². The molecule has 1 N–H and O–H groups in total. The van der Waals surface area contributed by atoms with E-state index in [1.165, 1.54) is 0 Å². The predicted molar refractivity (Wildman–Crippen MR) is 90.5 cm³/mol. The van der Waals surface area contributed by atoms with Gasteiger partial charge in [0.15, 0.2) is 0 Å². The average Bonchev–Trinajstić information content (AvgIpc) is 2.56. The fraction of sp³-hybridized carbons (Fsp3) is 0.316. The fourth-order valence-corrected chi connectivity index (χ4v) is 2.44. The Morgan fingerprint density at radius 2 is 1.78 bits per heavy atom. The molecule has 0 spiro atoms. The lowest BCUT2D eigenvalue weighted by molar-refractivity contribution is 0.0628. The molecular weight excluding hydrogens is 290 g/mol. The molecule has 0 aliphatic rings. The molecule has 0 bridgehead atoms. The van der Waals surface area contributed by atoms with Gasteiger partial charge in [-0.3, -0.25) is 4.79 Å². The molecule has 0 aliphatic carbocycles. The summed E-state index contributed by atoms with van der Waals surface area (Å²) in [5.74, 6) is 0.671. The number of benzene rings is 2. The van der Waals surface area contributed by atoms with Crippen LogP contribution in [0.1, 0.15) is 29.8 Å². The topological polar surface area (TPSA) is 49.8 Å². The highest BCUT2D eigenvalue weighted by atomic mass is 16.5. The fourth-order valence-electron chi connectivity index (χ4n) is 2.44. The molecule has 23 heavy (non-hydrogen) atoms. The third kappa shape index (κ3) is 4.83. The molecular formula is C19H23NO3. The Morgan fingerprint density at radius 3 is 2.43 bits per heavy atom. The molecule has 4 heteroatoms. The smallest absolute Gasteiger partial charge is 0.254 e. The van der Waals surface area contributed by atoms with E-state index in [0.717, 1.165) is 11.3 Å². The molecule has 0 fully saturated rings. The minimum absolute atomic E-state index is 0.0993. The highest BCUT2D eigenvalue weighted by molar-refractivity contribution is 5.94. The van der Waals surface area contributed by atoms with Gasteiger partial charge in [-0.05, 0) is 32.0 Å². The Balaban J connectivity index is 2.24. The van der Waals surface area contributed by atoms with Gasteiger partial charge in [-0.25, -0.2) is 0 Å². The van der Waals surface area contributed by atoms with Gasteiger partial charge in [-0.1, -0.05) is 36.4 Å². The number of aliphatic hydroxyl groups excluding tert-OH is 1. The van der Waals surface area contributed by atoms with E-state index < -0.39 is 6.10 Å². The molecule has 1 atom stereocenters. The zero-order chi connectivity index (χ0) is 16.7. The molecule has 2 aromatic rings. The van der Waals surface area contributed by atoms with Gasteiger partial charge in [0.1, 0.15) is 5.75 Å². The second-order valence-electron chi connectivity index (χ2n) is 5.44.